The van der Waals surface area contributed by atoms with Crippen molar-refractivity contribution in [3.8, 4) is 0 Å². The van der Waals surface area contributed by atoms with Gasteiger partial charge in [-0.25, -0.2) is 4.98 Å². The molecule has 1 rings (SSSR count). The maximum Gasteiger partial charge on any atom is 0.242 e. The molecule has 0 aliphatic carbocycles. The summed E-state index contributed by atoms with van der Waals surface area (Å²) in [4.78, 5) is 3.87. The molecule has 48 valence electrons. The van der Waals surface area contributed by atoms with Crippen LogP contribution in [-0.4, -0.2) is 22.2 Å². The Morgan fingerprint density at radius 1 is 1.56 bits per heavy atom. The van der Waals surface area contributed by atoms with E-state index in [9.17, 15) is 0 Å². The van der Waals surface area contributed by atoms with E-state index in [1.54, 1.807) is 13.2 Å². The predicted octanol–water partition coefficient (Wildman–Crippen LogP) is 0.676. The van der Waals surface area contributed by atoms with Crippen LogP contribution in [-0.2, 0) is 0 Å². The summed E-state index contributed by atoms with van der Waals surface area (Å²) in [6, 6.07) is 0. The molecule has 0 atom stereocenters. The standard InChI is InChI=1S/C4H5BrN4/c1-6-4-7-2-3(5)8-9-4/h2H,1H3,(H,6,7,9). The van der Waals surface area contributed by atoms with Crippen LogP contribution in [0.4, 0.5) is 5.95 Å². The summed E-state index contributed by atoms with van der Waals surface area (Å²) in [6.45, 7) is 0. The van der Waals surface area contributed by atoms with E-state index in [-0.39, 0.29) is 0 Å². The maximum absolute atomic E-state index is 3.87. The van der Waals surface area contributed by atoms with Gasteiger partial charge in [-0.2, -0.15) is 0 Å². The summed E-state index contributed by atoms with van der Waals surface area (Å²) in [5, 5.41) is 10.1. The van der Waals surface area contributed by atoms with E-state index in [2.05, 4.69) is 36.4 Å². The van der Waals surface area contributed by atoms with Crippen LogP contribution in [0.3, 0.4) is 0 Å². The Labute approximate surface area is 60.8 Å². The topological polar surface area (TPSA) is 50.7 Å². The highest BCUT2D eigenvalue weighted by Gasteiger charge is 1.90. The summed E-state index contributed by atoms with van der Waals surface area (Å²) in [5.74, 6) is 0.526. The van der Waals surface area contributed by atoms with Gasteiger partial charge in [0.15, 0.2) is 0 Å². The van der Waals surface area contributed by atoms with Gasteiger partial charge in [0.25, 0.3) is 0 Å². The van der Waals surface area contributed by atoms with E-state index in [1.807, 2.05) is 0 Å². The second-order valence-corrected chi connectivity index (χ2v) is 2.17. The molecule has 0 amide bonds. The second kappa shape index (κ2) is 2.72. The molecule has 0 aromatic carbocycles. The van der Waals surface area contributed by atoms with Crippen LogP contribution in [0.5, 0.6) is 0 Å². The lowest BCUT2D eigenvalue weighted by molar-refractivity contribution is 0.950. The highest BCUT2D eigenvalue weighted by molar-refractivity contribution is 9.10. The molecular formula is C4H5BrN4. The molecule has 1 aromatic heterocycles. The average Bonchev–Trinajstić information content (AvgIpc) is 1.90. The lowest BCUT2D eigenvalue weighted by Crippen LogP contribution is -1.96. The molecule has 0 unspecified atom stereocenters. The minimum atomic E-state index is 0.526. The Hall–Kier alpha value is -0.710. The third kappa shape index (κ3) is 1.60. The van der Waals surface area contributed by atoms with Gasteiger partial charge in [0.05, 0.1) is 6.20 Å². The normalized spacial score (nSPS) is 9.11. The number of hydrogen-bond acceptors (Lipinski definition) is 4. The highest BCUT2D eigenvalue weighted by Crippen LogP contribution is 2.01. The van der Waals surface area contributed by atoms with E-state index in [0.29, 0.717) is 10.6 Å². The van der Waals surface area contributed by atoms with Gasteiger partial charge in [-0.3, -0.25) is 0 Å². The van der Waals surface area contributed by atoms with Crippen molar-refractivity contribution in [3.63, 3.8) is 0 Å². The quantitative estimate of drug-likeness (QED) is 0.705. The monoisotopic (exact) mass is 188 g/mol. The third-order valence-electron chi connectivity index (χ3n) is 0.757. The Bertz CT molecular complexity index is 184. The fraction of sp³-hybridized carbons (Fsp3) is 0.250. The first-order chi connectivity index (χ1) is 4.33. The van der Waals surface area contributed by atoms with Gasteiger partial charge in [-0.1, -0.05) is 0 Å². The molecule has 5 heteroatoms. The second-order valence-electron chi connectivity index (χ2n) is 1.35. The van der Waals surface area contributed by atoms with Crippen molar-refractivity contribution < 1.29 is 0 Å². The minimum absolute atomic E-state index is 0.526. The molecule has 9 heavy (non-hydrogen) atoms. The molecule has 4 nitrogen and oxygen atoms in total. The number of aromatic nitrogens is 3. The number of hydrogen-bond donors (Lipinski definition) is 1. The van der Waals surface area contributed by atoms with E-state index < -0.39 is 0 Å². The van der Waals surface area contributed by atoms with Gasteiger partial charge in [-0.15, -0.1) is 10.2 Å². The molecule has 0 fully saturated rings. The number of rotatable bonds is 1. The van der Waals surface area contributed by atoms with E-state index >= 15 is 0 Å². The number of anilines is 1. The van der Waals surface area contributed by atoms with Crippen LogP contribution in [0, 0.1) is 0 Å². The molecule has 0 radical (unpaired) electrons. The zero-order valence-corrected chi connectivity index (χ0v) is 6.38. The van der Waals surface area contributed by atoms with Crippen LogP contribution in [0.25, 0.3) is 0 Å². The zero-order valence-electron chi connectivity index (χ0n) is 4.80. The highest BCUT2D eigenvalue weighted by atomic mass is 79.9. The van der Waals surface area contributed by atoms with Gasteiger partial charge < -0.3 is 5.32 Å². The summed E-state index contributed by atoms with van der Waals surface area (Å²) < 4.78 is 0.640. The van der Waals surface area contributed by atoms with Crippen molar-refractivity contribution in [2.45, 2.75) is 0 Å². The first-order valence-corrected chi connectivity index (χ1v) is 3.15. The van der Waals surface area contributed by atoms with E-state index in [4.69, 9.17) is 0 Å². The molecule has 1 heterocycles. The summed E-state index contributed by atoms with van der Waals surface area (Å²) in [7, 11) is 1.74. The van der Waals surface area contributed by atoms with Gasteiger partial charge in [0.2, 0.25) is 5.95 Å². The Morgan fingerprint density at radius 2 is 2.33 bits per heavy atom. The Morgan fingerprint density at radius 3 is 2.78 bits per heavy atom. The van der Waals surface area contributed by atoms with Crippen LogP contribution in [0.1, 0.15) is 0 Å². The summed E-state index contributed by atoms with van der Waals surface area (Å²) in [5.41, 5.74) is 0. The fourth-order valence-electron chi connectivity index (χ4n) is 0.376. The SMILES string of the molecule is CNc1ncc(Br)nn1. The van der Waals surface area contributed by atoms with Crippen molar-refractivity contribution in [1.82, 2.24) is 15.2 Å². The Balaban J connectivity index is 2.88. The Kier molecular flexibility index (Phi) is 1.94. The van der Waals surface area contributed by atoms with Gasteiger partial charge in [-0.05, 0) is 15.9 Å². The van der Waals surface area contributed by atoms with Crippen molar-refractivity contribution in [2.75, 3.05) is 12.4 Å². The first-order valence-electron chi connectivity index (χ1n) is 2.36. The average molecular weight is 189 g/mol. The molecule has 0 bridgehead atoms. The van der Waals surface area contributed by atoms with Crippen LogP contribution >= 0.6 is 15.9 Å². The van der Waals surface area contributed by atoms with Crippen molar-refractivity contribution in [2.24, 2.45) is 0 Å². The van der Waals surface area contributed by atoms with Crippen LogP contribution in [0.2, 0.25) is 0 Å². The summed E-state index contributed by atoms with van der Waals surface area (Å²) >= 11 is 3.11. The molecular weight excluding hydrogens is 184 g/mol. The molecule has 0 saturated carbocycles. The van der Waals surface area contributed by atoms with E-state index in [0.717, 1.165) is 0 Å². The number of nitrogens with one attached hydrogen (secondary N) is 1. The minimum Gasteiger partial charge on any atom is -0.356 e. The van der Waals surface area contributed by atoms with Crippen LogP contribution < -0.4 is 5.32 Å². The molecule has 0 aliphatic heterocycles. The lowest BCUT2D eigenvalue weighted by Gasteiger charge is -1.92. The predicted molar refractivity (Wildman–Crippen MR) is 37.1 cm³/mol. The number of nitrogens with zero attached hydrogens (tertiary/aromatic N) is 3. The number of halogens is 1. The summed E-state index contributed by atoms with van der Waals surface area (Å²) in [6.07, 6.45) is 1.58. The third-order valence-corrected chi connectivity index (χ3v) is 1.12. The maximum atomic E-state index is 3.87. The largest absolute Gasteiger partial charge is 0.356 e. The van der Waals surface area contributed by atoms with Crippen molar-refractivity contribution in [3.05, 3.63) is 10.8 Å². The molecule has 1 N–H and O–H groups in total. The molecule has 0 saturated heterocycles. The van der Waals surface area contributed by atoms with E-state index in [1.165, 1.54) is 0 Å². The molecule has 1 aromatic rings. The fourth-order valence-corrected chi connectivity index (χ4v) is 0.557. The van der Waals surface area contributed by atoms with Crippen LogP contribution in [0.15, 0.2) is 10.8 Å². The van der Waals surface area contributed by atoms with Gasteiger partial charge in [0.1, 0.15) is 4.60 Å². The van der Waals surface area contributed by atoms with Crippen molar-refractivity contribution in [1.29, 1.82) is 0 Å². The smallest absolute Gasteiger partial charge is 0.242 e. The molecule has 0 aliphatic rings. The lowest BCUT2D eigenvalue weighted by atomic mass is 10.8. The van der Waals surface area contributed by atoms with Gasteiger partial charge in [0, 0.05) is 7.05 Å². The van der Waals surface area contributed by atoms with Gasteiger partial charge >= 0.3 is 0 Å². The molecule has 0 spiro atoms. The first kappa shape index (κ1) is 6.41. The van der Waals surface area contributed by atoms with Crippen molar-refractivity contribution >= 4 is 21.9 Å². The zero-order chi connectivity index (χ0) is 6.69.